The van der Waals surface area contributed by atoms with Crippen molar-refractivity contribution in [2.75, 3.05) is 4.90 Å². The van der Waals surface area contributed by atoms with E-state index in [-0.39, 0.29) is 0 Å². The molecule has 4 aromatic heterocycles. The number of nitrogens with zero attached hydrogens (tertiary/aromatic N) is 5. The molecule has 5 heteroatoms. The molecule has 10 rings (SSSR count). The Balaban J connectivity index is 1.13. The Morgan fingerprint density at radius 3 is 1.18 bits per heavy atom. The molecule has 5 aromatic carbocycles. The fourth-order valence-electron chi connectivity index (χ4n) is 7.99. The number of hydrogen-bond acceptors (Lipinski definition) is 5. The largest absolute Gasteiger partial charge is 0.363 e. The fourth-order valence-corrected chi connectivity index (χ4v) is 7.99. The van der Waals surface area contributed by atoms with Gasteiger partial charge in [-0.3, -0.25) is 19.9 Å². The van der Waals surface area contributed by atoms with Crippen molar-refractivity contribution in [3.63, 3.8) is 0 Å². The summed E-state index contributed by atoms with van der Waals surface area (Å²) in [6.07, 6.45) is 15.0. The average molecular weight is 732 g/mol. The molecule has 0 saturated heterocycles. The predicted molar refractivity (Wildman–Crippen MR) is 232 cm³/mol. The van der Waals surface area contributed by atoms with E-state index in [1.165, 1.54) is 33.5 Å². The van der Waals surface area contributed by atoms with Crippen LogP contribution in [0, 0.1) is 0 Å². The van der Waals surface area contributed by atoms with Crippen LogP contribution in [-0.2, 0) is 13.1 Å². The Kier molecular flexibility index (Phi) is 8.94. The van der Waals surface area contributed by atoms with Gasteiger partial charge in [0, 0.05) is 90.6 Å². The third-order valence-electron chi connectivity index (χ3n) is 10.9. The minimum Gasteiger partial charge on any atom is -0.363 e. The van der Waals surface area contributed by atoms with Crippen molar-refractivity contribution in [1.29, 1.82) is 0 Å². The Hall–Kier alpha value is -7.50. The number of benzene rings is 5. The zero-order valence-corrected chi connectivity index (χ0v) is 31.2. The number of anilines is 1. The van der Waals surface area contributed by atoms with Crippen LogP contribution in [0.1, 0.15) is 11.1 Å². The van der Waals surface area contributed by atoms with E-state index in [0.29, 0.717) is 0 Å². The normalized spacial score (nSPS) is 12.0. The lowest BCUT2D eigenvalue weighted by atomic mass is 9.88. The van der Waals surface area contributed by atoms with E-state index in [1.54, 1.807) is 0 Å². The van der Waals surface area contributed by atoms with Gasteiger partial charge in [0.15, 0.2) is 0 Å². The van der Waals surface area contributed by atoms with E-state index in [4.69, 9.17) is 0 Å². The SMILES string of the molecule is c1ccc(N2Cc3cc(-c4cc(-c5cccnc5)cc(-c5cccnc5)c4)ccc3-c3cc(-c4cc(-c5cccnc5)cc(-c5cccnc5)c4)ccc3C2)cc1. The molecule has 5 heterocycles. The van der Waals surface area contributed by atoms with Crippen LogP contribution >= 0.6 is 0 Å². The maximum Gasteiger partial charge on any atom is 0.0439 e. The lowest BCUT2D eigenvalue weighted by Gasteiger charge is -2.24. The number of para-hydroxylation sites is 1. The molecule has 0 fully saturated rings. The highest BCUT2D eigenvalue weighted by Crippen LogP contribution is 2.41. The third kappa shape index (κ3) is 6.99. The van der Waals surface area contributed by atoms with Crippen molar-refractivity contribution < 1.29 is 0 Å². The van der Waals surface area contributed by atoms with Crippen molar-refractivity contribution in [2.45, 2.75) is 13.1 Å². The van der Waals surface area contributed by atoms with Crippen LogP contribution in [0.5, 0.6) is 0 Å². The zero-order chi connectivity index (χ0) is 38.0. The van der Waals surface area contributed by atoms with E-state index < -0.39 is 0 Å². The molecule has 0 unspecified atom stereocenters. The molecule has 0 aliphatic carbocycles. The van der Waals surface area contributed by atoms with Gasteiger partial charge in [-0.1, -0.05) is 66.7 Å². The van der Waals surface area contributed by atoms with Gasteiger partial charge in [-0.25, -0.2) is 0 Å². The van der Waals surface area contributed by atoms with E-state index in [2.05, 4.69) is 152 Å². The van der Waals surface area contributed by atoms with Gasteiger partial charge in [0.2, 0.25) is 0 Å². The summed E-state index contributed by atoms with van der Waals surface area (Å²) >= 11 is 0. The van der Waals surface area contributed by atoms with E-state index in [0.717, 1.165) is 74.3 Å². The quantitative estimate of drug-likeness (QED) is 0.163. The first-order chi connectivity index (χ1) is 28.2. The molecular formula is C52H37N5. The van der Waals surface area contributed by atoms with Crippen LogP contribution in [-0.4, -0.2) is 19.9 Å². The second-order valence-corrected chi connectivity index (χ2v) is 14.5. The van der Waals surface area contributed by atoms with E-state index in [1.807, 2.05) is 73.8 Å². The lowest BCUT2D eigenvalue weighted by molar-refractivity contribution is 0.812. The molecule has 0 spiro atoms. The van der Waals surface area contributed by atoms with Crippen LogP contribution in [0.2, 0.25) is 0 Å². The summed E-state index contributed by atoms with van der Waals surface area (Å²) < 4.78 is 0. The van der Waals surface area contributed by atoms with Crippen molar-refractivity contribution in [2.24, 2.45) is 0 Å². The van der Waals surface area contributed by atoms with Crippen molar-refractivity contribution >= 4 is 5.69 Å². The van der Waals surface area contributed by atoms with Crippen LogP contribution in [0.4, 0.5) is 5.69 Å². The first kappa shape index (κ1) is 34.0. The molecule has 0 saturated carbocycles. The number of hydrogen-bond donors (Lipinski definition) is 0. The fraction of sp³-hybridized carbons (Fsp3) is 0.0385. The number of pyridine rings is 4. The monoisotopic (exact) mass is 731 g/mol. The standard InChI is InChI=1S/C52H37N5/c1-2-12-50(13-3-1)57-34-42-15-14-37(44-25-47(40-10-6-20-55-32-40)28-48(26-44)41-11-7-21-56-33-41)29-52(42)51-17-16-36(22-49(51)35-57)43-23-45(38-8-4-18-53-30-38)27-46(24-43)39-9-5-19-54-31-39/h1-33H,34-35H2. The Labute approximate surface area is 332 Å². The third-order valence-corrected chi connectivity index (χ3v) is 10.9. The van der Waals surface area contributed by atoms with E-state index >= 15 is 0 Å². The number of rotatable bonds is 7. The Morgan fingerprint density at radius 1 is 0.298 bits per heavy atom. The molecule has 0 bridgehead atoms. The van der Waals surface area contributed by atoms with Gasteiger partial charge in [-0.15, -0.1) is 0 Å². The first-order valence-electron chi connectivity index (χ1n) is 19.2. The zero-order valence-electron chi connectivity index (χ0n) is 31.2. The van der Waals surface area contributed by atoms with Gasteiger partial charge < -0.3 is 4.90 Å². The summed E-state index contributed by atoms with van der Waals surface area (Å²) in [6.45, 7) is 1.57. The highest BCUT2D eigenvalue weighted by Gasteiger charge is 2.22. The van der Waals surface area contributed by atoms with Gasteiger partial charge in [0.05, 0.1) is 0 Å². The molecule has 0 radical (unpaired) electrons. The molecule has 9 aromatic rings. The van der Waals surface area contributed by atoms with Crippen molar-refractivity contribution in [1.82, 2.24) is 19.9 Å². The Morgan fingerprint density at radius 2 is 0.719 bits per heavy atom. The summed E-state index contributed by atoms with van der Waals surface area (Å²) in [4.78, 5) is 20.2. The topological polar surface area (TPSA) is 54.8 Å². The molecular weight excluding hydrogens is 695 g/mol. The van der Waals surface area contributed by atoms with Crippen molar-refractivity contribution in [3.05, 3.63) is 212 Å². The number of fused-ring (bicyclic) bond motifs is 3. The van der Waals surface area contributed by atoms with Crippen LogP contribution in [0.3, 0.4) is 0 Å². The van der Waals surface area contributed by atoms with Gasteiger partial charge >= 0.3 is 0 Å². The summed E-state index contributed by atoms with van der Waals surface area (Å²) in [7, 11) is 0. The van der Waals surface area contributed by atoms with Crippen LogP contribution in [0.15, 0.2) is 201 Å². The van der Waals surface area contributed by atoms with Crippen LogP contribution < -0.4 is 4.90 Å². The summed E-state index contributed by atoms with van der Waals surface area (Å²) in [5.41, 5.74) is 19.7. The predicted octanol–water partition coefficient (Wildman–Crippen LogP) is 12.5. The smallest absolute Gasteiger partial charge is 0.0439 e. The molecule has 5 nitrogen and oxygen atoms in total. The molecule has 57 heavy (non-hydrogen) atoms. The minimum absolute atomic E-state index is 0.774. The van der Waals surface area contributed by atoms with Gasteiger partial charge in [0.1, 0.15) is 0 Å². The molecule has 270 valence electrons. The maximum atomic E-state index is 4.44. The summed E-state index contributed by atoms with van der Waals surface area (Å²) in [6, 6.07) is 54.8. The molecule has 1 aliphatic rings. The Bertz CT molecular complexity index is 2710. The molecule has 0 amide bonds. The molecule has 1 aliphatic heterocycles. The minimum atomic E-state index is 0.774. The molecule has 0 atom stereocenters. The maximum absolute atomic E-state index is 4.44. The second-order valence-electron chi connectivity index (χ2n) is 14.5. The van der Waals surface area contributed by atoms with Gasteiger partial charge in [-0.05, 0) is 152 Å². The average Bonchev–Trinajstić information content (AvgIpc) is 3.46. The second kappa shape index (κ2) is 15.0. The number of aromatic nitrogens is 4. The van der Waals surface area contributed by atoms with Gasteiger partial charge in [-0.2, -0.15) is 0 Å². The summed E-state index contributed by atoms with van der Waals surface area (Å²) in [5.74, 6) is 0. The highest BCUT2D eigenvalue weighted by molar-refractivity contribution is 5.86. The summed E-state index contributed by atoms with van der Waals surface area (Å²) in [5, 5.41) is 0. The molecule has 0 N–H and O–H groups in total. The van der Waals surface area contributed by atoms with Gasteiger partial charge in [0.25, 0.3) is 0 Å². The van der Waals surface area contributed by atoms with E-state index in [9.17, 15) is 0 Å². The lowest BCUT2D eigenvalue weighted by Crippen LogP contribution is -2.20. The first-order valence-corrected chi connectivity index (χ1v) is 19.2. The van der Waals surface area contributed by atoms with Crippen LogP contribution in [0.25, 0.3) is 77.9 Å². The van der Waals surface area contributed by atoms with Crippen molar-refractivity contribution in [3.8, 4) is 77.9 Å². The highest BCUT2D eigenvalue weighted by atomic mass is 15.1.